The van der Waals surface area contributed by atoms with Gasteiger partial charge in [-0.3, -0.25) is 0 Å². The maximum Gasteiger partial charge on any atom is 0.191 e. The van der Waals surface area contributed by atoms with Crippen molar-refractivity contribution in [3.63, 3.8) is 0 Å². The van der Waals surface area contributed by atoms with Gasteiger partial charge in [0.1, 0.15) is 6.54 Å². The van der Waals surface area contributed by atoms with Crippen LogP contribution in [0, 0.1) is 12.8 Å². The molecule has 6 heteroatoms. The molecule has 29 heavy (non-hydrogen) atoms. The minimum absolute atomic E-state index is 0.127. The third-order valence-electron chi connectivity index (χ3n) is 5.29. The highest BCUT2D eigenvalue weighted by atomic mass is 16.5. The molecule has 2 unspecified atom stereocenters. The summed E-state index contributed by atoms with van der Waals surface area (Å²) in [4.78, 5) is 4.67. The van der Waals surface area contributed by atoms with Gasteiger partial charge in [-0.1, -0.05) is 48.8 Å². The average molecular weight is 399 g/mol. The molecular formula is C23H34N4O2. The van der Waals surface area contributed by atoms with E-state index in [2.05, 4.69) is 72.7 Å². The number of benzene rings is 1. The van der Waals surface area contributed by atoms with Gasteiger partial charge in [-0.2, -0.15) is 0 Å². The molecular weight excluding hydrogens is 364 g/mol. The van der Waals surface area contributed by atoms with Crippen LogP contribution in [0.4, 0.5) is 0 Å². The Balaban J connectivity index is 1.62. The second kappa shape index (κ2) is 10.4. The Bertz CT molecular complexity index is 782. The normalized spacial score (nSPS) is 20.1. The van der Waals surface area contributed by atoms with Crippen molar-refractivity contribution in [2.24, 2.45) is 10.9 Å². The zero-order valence-electron chi connectivity index (χ0n) is 18.1. The molecule has 2 N–H and O–H groups in total. The van der Waals surface area contributed by atoms with E-state index < -0.39 is 0 Å². The molecule has 1 saturated heterocycles. The Morgan fingerprint density at radius 3 is 2.72 bits per heavy atom. The van der Waals surface area contributed by atoms with E-state index >= 15 is 0 Å². The van der Waals surface area contributed by atoms with Crippen LogP contribution in [0.25, 0.3) is 0 Å². The van der Waals surface area contributed by atoms with Crippen molar-refractivity contribution >= 4 is 5.96 Å². The highest BCUT2D eigenvalue weighted by Gasteiger charge is 2.27. The number of aryl methyl sites for hydroxylation is 1. The largest absolute Gasteiger partial charge is 0.373 e. The zero-order valence-corrected chi connectivity index (χ0v) is 18.1. The number of aliphatic imine (C=N–C) groups is 1. The Hall–Kier alpha value is -2.34. The monoisotopic (exact) mass is 398 g/mol. The van der Waals surface area contributed by atoms with Crippen LogP contribution in [0.5, 0.6) is 0 Å². The Kier molecular flexibility index (Phi) is 7.69. The maximum absolute atomic E-state index is 6.14. The molecule has 0 amide bonds. The number of nitrogens with one attached hydrogen (secondary N) is 2. The van der Waals surface area contributed by atoms with Gasteiger partial charge in [0.05, 0.1) is 11.8 Å². The summed E-state index contributed by atoms with van der Waals surface area (Å²) in [6.45, 7) is 11.3. The number of guanidine groups is 1. The van der Waals surface area contributed by atoms with Gasteiger partial charge in [0.25, 0.3) is 0 Å². The van der Waals surface area contributed by atoms with Crippen molar-refractivity contribution in [1.29, 1.82) is 0 Å². The lowest BCUT2D eigenvalue weighted by Crippen LogP contribution is -2.42. The topological polar surface area (TPSA) is 71.7 Å². The van der Waals surface area contributed by atoms with Gasteiger partial charge in [0.2, 0.25) is 0 Å². The summed E-state index contributed by atoms with van der Waals surface area (Å²) in [6, 6.07) is 10.7. The summed E-state index contributed by atoms with van der Waals surface area (Å²) >= 11 is 0. The molecule has 0 bridgehead atoms. The van der Waals surface area contributed by atoms with Gasteiger partial charge in [-0.05, 0) is 38.2 Å². The first-order valence-electron chi connectivity index (χ1n) is 10.7. The first-order valence-corrected chi connectivity index (χ1v) is 10.7. The fraction of sp³-hybridized carbons (Fsp3) is 0.565. The van der Waals surface area contributed by atoms with E-state index in [9.17, 15) is 0 Å². The van der Waals surface area contributed by atoms with Gasteiger partial charge in [-0.25, -0.2) is 4.99 Å². The molecule has 1 fully saturated rings. The van der Waals surface area contributed by atoms with E-state index in [-0.39, 0.29) is 6.10 Å². The predicted molar refractivity (Wildman–Crippen MR) is 116 cm³/mol. The first-order chi connectivity index (χ1) is 14.1. The molecule has 0 radical (unpaired) electrons. The lowest BCUT2D eigenvalue weighted by molar-refractivity contribution is -0.0265. The van der Waals surface area contributed by atoms with Gasteiger partial charge in [0.15, 0.2) is 11.7 Å². The molecule has 2 heterocycles. The van der Waals surface area contributed by atoms with E-state index in [4.69, 9.17) is 9.26 Å². The van der Waals surface area contributed by atoms with Gasteiger partial charge in [0, 0.05) is 31.7 Å². The summed E-state index contributed by atoms with van der Waals surface area (Å²) in [5, 5.41) is 10.9. The van der Waals surface area contributed by atoms with Crippen LogP contribution < -0.4 is 10.6 Å². The van der Waals surface area contributed by atoms with E-state index in [1.807, 2.05) is 6.07 Å². The number of rotatable bonds is 7. The van der Waals surface area contributed by atoms with Crippen LogP contribution in [-0.4, -0.2) is 30.8 Å². The molecule has 1 aromatic heterocycles. The summed E-state index contributed by atoms with van der Waals surface area (Å²) in [6.07, 6.45) is 2.37. The Morgan fingerprint density at radius 1 is 1.24 bits per heavy atom. The standard InChI is InChI=1S/C23H34N4O2/c1-5-24-23(26-15-20-13-21(16(2)3)27-29-20)25-14-19-7-6-12-28-22(19)18-10-8-17(4)9-11-18/h8-11,13,16,19,22H,5-7,12,14-15H2,1-4H3,(H2,24,25,26). The van der Waals surface area contributed by atoms with E-state index in [0.717, 1.165) is 50.0 Å². The summed E-state index contributed by atoms with van der Waals surface area (Å²) in [5.74, 6) is 2.34. The molecule has 1 aromatic carbocycles. The fourth-order valence-corrected chi connectivity index (χ4v) is 3.58. The minimum atomic E-state index is 0.127. The van der Waals surface area contributed by atoms with E-state index in [0.29, 0.717) is 18.4 Å². The van der Waals surface area contributed by atoms with Crippen molar-refractivity contribution < 1.29 is 9.26 Å². The molecule has 1 aliphatic rings. The molecule has 6 nitrogen and oxygen atoms in total. The van der Waals surface area contributed by atoms with Gasteiger partial charge < -0.3 is 19.9 Å². The number of nitrogens with zero attached hydrogens (tertiary/aromatic N) is 2. The second-order valence-corrected chi connectivity index (χ2v) is 8.05. The quantitative estimate of drug-likeness (QED) is 0.536. The lowest BCUT2D eigenvalue weighted by Gasteiger charge is -2.32. The van der Waals surface area contributed by atoms with Gasteiger partial charge in [-0.15, -0.1) is 0 Å². The SMILES string of the molecule is CCNC(=NCc1cc(C(C)C)no1)NCC1CCCOC1c1ccc(C)cc1. The summed E-state index contributed by atoms with van der Waals surface area (Å²) in [5.41, 5.74) is 3.49. The van der Waals surface area contributed by atoms with Crippen LogP contribution in [0.2, 0.25) is 0 Å². The number of aromatic nitrogens is 1. The van der Waals surface area contributed by atoms with Crippen LogP contribution in [0.3, 0.4) is 0 Å². The molecule has 0 spiro atoms. The van der Waals surface area contributed by atoms with Crippen molar-refractivity contribution in [3.05, 3.63) is 52.9 Å². The van der Waals surface area contributed by atoms with Crippen LogP contribution in [-0.2, 0) is 11.3 Å². The van der Waals surface area contributed by atoms with E-state index in [1.165, 1.54) is 11.1 Å². The fourth-order valence-electron chi connectivity index (χ4n) is 3.58. The second-order valence-electron chi connectivity index (χ2n) is 8.05. The van der Waals surface area contributed by atoms with E-state index in [1.54, 1.807) is 0 Å². The molecule has 0 saturated carbocycles. The molecule has 1 aliphatic heterocycles. The van der Waals surface area contributed by atoms with Crippen LogP contribution in [0.15, 0.2) is 39.8 Å². The molecule has 2 aromatic rings. The van der Waals surface area contributed by atoms with Crippen molar-refractivity contribution in [2.45, 2.75) is 59.1 Å². The molecule has 2 atom stereocenters. The van der Waals surface area contributed by atoms with Crippen LogP contribution in [0.1, 0.15) is 68.2 Å². The third kappa shape index (κ3) is 6.07. The predicted octanol–water partition coefficient (Wildman–Crippen LogP) is 4.33. The Labute approximate surface area is 174 Å². The molecule has 0 aliphatic carbocycles. The van der Waals surface area contributed by atoms with Crippen molar-refractivity contribution in [3.8, 4) is 0 Å². The number of hydrogen-bond donors (Lipinski definition) is 2. The highest BCUT2D eigenvalue weighted by Crippen LogP contribution is 2.33. The van der Waals surface area contributed by atoms with Crippen molar-refractivity contribution in [2.75, 3.05) is 19.7 Å². The van der Waals surface area contributed by atoms with Crippen LogP contribution >= 0.6 is 0 Å². The Morgan fingerprint density at radius 2 is 2.03 bits per heavy atom. The zero-order chi connectivity index (χ0) is 20.6. The maximum atomic E-state index is 6.14. The van der Waals surface area contributed by atoms with Gasteiger partial charge >= 0.3 is 0 Å². The average Bonchev–Trinajstić information content (AvgIpc) is 3.20. The number of hydrogen-bond acceptors (Lipinski definition) is 4. The first kappa shape index (κ1) is 21.4. The smallest absolute Gasteiger partial charge is 0.191 e. The minimum Gasteiger partial charge on any atom is -0.373 e. The summed E-state index contributed by atoms with van der Waals surface area (Å²) in [7, 11) is 0. The van der Waals surface area contributed by atoms with Crippen molar-refractivity contribution in [1.82, 2.24) is 15.8 Å². The third-order valence-corrected chi connectivity index (χ3v) is 5.29. The number of ether oxygens (including phenoxy) is 1. The highest BCUT2D eigenvalue weighted by molar-refractivity contribution is 5.79. The lowest BCUT2D eigenvalue weighted by atomic mass is 9.89. The molecule has 3 rings (SSSR count). The summed E-state index contributed by atoms with van der Waals surface area (Å²) < 4.78 is 11.5. The molecule has 158 valence electrons.